The van der Waals surface area contributed by atoms with Crippen molar-refractivity contribution in [3.05, 3.63) is 28.8 Å². The number of carbonyl (C=O) groups excluding carboxylic acids is 2. The van der Waals surface area contributed by atoms with Crippen LogP contribution < -0.4 is 4.74 Å². The lowest BCUT2D eigenvalue weighted by molar-refractivity contribution is -0.147. The van der Waals surface area contributed by atoms with Crippen molar-refractivity contribution >= 4 is 35.1 Å². The molecular formula is C21H30Cl2O4. The van der Waals surface area contributed by atoms with Crippen LogP contribution in [0.5, 0.6) is 5.75 Å². The van der Waals surface area contributed by atoms with E-state index in [1.807, 2.05) is 6.92 Å². The van der Waals surface area contributed by atoms with Crippen LogP contribution >= 0.6 is 23.2 Å². The van der Waals surface area contributed by atoms with Gasteiger partial charge in [0.25, 0.3) is 0 Å². The van der Waals surface area contributed by atoms with E-state index in [1.54, 1.807) is 18.2 Å². The lowest BCUT2D eigenvalue weighted by Gasteiger charge is -2.07. The minimum absolute atomic E-state index is 0.00279. The average Bonchev–Trinajstić information content (AvgIpc) is 2.64. The number of rotatable bonds is 14. The molecule has 1 rings (SSSR count). The summed E-state index contributed by atoms with van der Waals surface area (Å²) in [7, 11) is 0. The number of esters is 2. The lowest BCUT2D eigenvalue weighted by atomic mass is 10.1. The van der Waals surface area contributed by atoms with Crippen molar-refractivity contribution in [1.29, 1.82) is 0 Å². The molecule has 0 atom stereocenters. The maximum Gasteiger partial charge on any atom is 0.311 e. The van der Waals surface area contributed by atoms with Gasteiger partial charge in [-0.05, 0) is 43.5 Å². The predicted molar refractivity (Wildman–Crippen MR) is 110 cm³/mol. The van der Waals surface area contributed by atoms with E-state index >= 15 is 0 Å². The van der Waals surface area contributed by atoms with E-state index in [4.69, 9.17) is 32.7 Å². The Labute approximate surface area is 172 Å². The molecule has 0 aromatic heterocycles. The summed E-state index contributed by atoms with van der Waals surface area (Å²) in [4.78, 5) is 23.5. The molecule has 0 heterocycles. The molecule has 0 N–H and O–H groups in total. The van der Waals surface area contributed by atoms with Crippen molar-refractivity contribution in [1.82, 2.24) is 0 Å². The summed E-state index contributed by atoms with van der Waals surface area (Å²) >= 11 is 11.6. The van der Waals surface area contributed by atoms with Crippen molar-refractivity contribution in [2.24, 2.45) is 0 Å². The Morgan fingerprint density at radius 3 is 2.11 bits per heavy atom. The van der Waals surface area contributed by atoms with Crippen LogP contribution in [-0.2, 0) is 14.3 Å². The van der Waals surface area contributed by atoms with Gasteiger partial charge in [0, 0.05) is 10.9 Å². The molecule has 0 aliphatic rings. The molecular weight excluding hydrogens is 387 g/mol. The van der Waals surface area contributed by atoms with Crippen LogP contribution in [0.25, 0.3) is 0 Å². The Hall–Kier alpha value is -1.26. The van der Waals surface area contributed by atoms with E-state index in [1.165, 1.54) is 25.7 Å². The molecule has 0 saturated heterocycles. The highest BCUT2D eigenvalue weighted by molar-refractivity contribution is 6.31. The van der Waals surface area contributed by atoms with E-state index in [0.29, 0.717) is 17.4 Å². The Bertz CT molecular complexity index is 575. The summed E-state index contributed by atoms with van der Waals surface area (Å²) in [5.74, 6) is 0.366. The van der Waals surface area contributed by atoms with E-state index in [0.717, 1.165) is 37.1 Å². The number of unbranched alkanes of at least 4 members (excludes halogenated alkanes) is 7. The molecule has 0 bridgehead atoms. The van der Waals surface area contributed by atoms with Gasteiger partial charge in [-0.2, -0.15) is 0 Å². The summed E-state index contributed by atoms with van der Waals surface area (Å²) in [6, 6.07) is 4.99. The van der Waals surface area contributed by atoms with Gasteiger partial charge in [-0.15, -0.1) is 11.6 Å². The molecule has 0 unspecified atom stereocenters. The van der Waals surface area contributed by atoms with E-state index in [-0.39, 0.29) is 18.8 Å². The molecule has 0 amide bonds. The number of carbonyl (C=O) groups is 2. The van der Waals surface area contributed by atoms with Crippen molar-refractivity contribution in [3.8, 4) is 5.75 Å². The van der Waals surface area contributed by atoms with Crippen molar-refractivity contribution in [3.63, 3.8) is 0 Å². The first-order chi connectivity index (χ1) is 13.0. The third kappa shape index (κ3) is 11.9. The van der Waals surface area contributed by atoms with Crippen LogP contribution in [0, 0.1) is 6.92 Å². The Morgan fingerprint density at radius 2 is 1.48 bits per heavy atom. The quantitative estimate of drug-likeness (QED) is 0.156. The molecule has 0 radical (unpaired) electrons. The topological polar surface area (TPSA) is 52.6 Å². The second-order valence-electron chi connectivity index (χ2n) is 6.62. The zero-order valence-electron chi connectivity index (χ0n) is 16.1. The standard InChI is InChI=1S/C21H30Cl2O4/c1-17-16-18(10-11-19(17)23)27-21(25)13-12-20(24)26-15-9-7-5-3-2-4-6-8-14-22/h10-11,16H,2-9,12-15H2,1H3. The number of benzene rings is 1. The van der Waals surface area contributed by atoms with Crippen molar-refractivity contribution in [2.45, 2.75) is 71.1 Å². The molecule has 6 heteroatoms. The molecule has 152 valence electrons. The van der Waals surface area contributed by atoms with Gasteiger partial charge < -0.3 is 9.47 Å². The van der Waals surface area contributed by atoms with Gasteiger partial charge in [-0.1, -0.05) is 50.1 Å². The van der Waals surface area contributed by atoms with Crippen LogP contribution in [0.4, 0.5) is 0 Å². The third-order valence-electron chi connectivity index (χ3n) is 4.19. The normalized spacial score (nSPS) is 10.6. The molecule has 0 aliphatic heterocycles. The minimum Gasteiger partial charge on any atom is -0.466 e. The van der Waals surface area contributed by atoms with Gasteiger partial charge >= 0.3 is 11.9 Å². The second kappa shape index (κ2) is 14.8. The van der Waals surface area contributed by atoms with Gasteiger partial charge in [0.15, 0.2) is 0 Å². The van der Waals surface area contributed by atoms with Crippen LogP contribution in [0.3, 0.4) is 0 Å². The van der Waals surface area contributed by atoms with Gasteiger partial charge in [0.1, 0.15) is 5.75 Å². The Kier molecular flexibility index (Phi) is 13.0. The molecule has 0 spiro atoms. The third-order valence-corrected chi connectivity index (χ3v) is 4.88. The fraction of sp³-hybridized carbons (Fsp3) is 0.619. The maximum atomic E-state index is 11.8. The summed E-state index contributed by atoms with van der Waals surface area (Å²) < 4.78 is 10.4. The SMILES string of the molecule is Cc1cc(OC(=O)CCC(=O)OCCCCCCCCCCCl)ccc1Cl. The van der Waals surface area contributed by atoms with Gasteiger partial charge in [0.05, 0.1) is 19.4 Å². The summed E-state index contributed by atoms with van der Waals surface area (Å²) in [5, 5.41) is 0.615. The zero-order chi connectivity index (χ0) is 19.9. The Balaban J connectivity index is 2.02. The van der Waals surface area contributed by atoms with E-state index in [2.05, 4.69) is 0 Å². The largest absolute Gasteiger partial charge is 0.466 e. The van der Waals surface area contributed by atoms with E-state index in [9.17, 15) is 9.59 Å². The Morgan fingerprint density at radius 1 is 0.889 bits per heavy atom. The summed E-state index contributed by atoms with van der Waals surface area (Å²) in [6.07, 6.45) is 9.12. The molecule has 4 nitrogen and oxygen atoms in total. The zero-order valence-corrected chi connectivity index (χ0v) is 17.6. The molecule has 0 aliphatic carbocycles. The first-order valence-corrected chi connectivity index (χ1v) is 10.6. The fourth-order valence-electron chi connectivity index (χ4n) is 2.58. The predicted octanol–water partition coefficient (Wildman–Crippen LogP) is 6.24. The molecule has 27 heavy (non-hydrogen) atoms. The van der Waals surface area contributed by atoms with Gasteiger partial charge in [-0.25, -0.2) is 0 Å². The highest BCUT2D eigenvalue weighted by Crippen LogP contribution is 2.21. The molecule has 1 aromatic carbocycles. The minimum atomic E-state index is -0.456. The number of hydrogen-bond donors (Lipinski definition) is 0. The first kappa shape index (κ1) is 23.8. The summed E-state index contributed by atoms with van der Waals surface area (Å²) in [6.45, 7) is 2.25. The van der Waals surface area contributed by atoms with Crippen LogP contribution in [0.2, 0.25) is 5.02 Å². The lowest BCUT2D eigenvalue weighted by Crippen LogP contribution is -2.13. The monoisotopic (exact) mass is 416 g/mol. The summed E-state index contributed by atoms with van der Waals surface area (Å²) in [5.41, 5.74) is 0.830. The van der Waals surface area contributed by atoms with Crippen molar-refractivity contribution in [2.75, 3.05) is 12.5 Å². The van der Waals surface area contributed by atoms with Crippen molar-refractivity contribution < 1.29 is 19.1 Å². The van der Waals surface area contributed by atoms with Crippen LogP contribution in [0.15, 0.2) is 18.2 Å². The number of aryl methyl sites for hydroxylation is 1. The number of hydrogen-bond acceptors (Lipinski definition) is 4. The number of halogens is 2. The number of alkyl halides is 1. The molecule has 0 fully saturated rings. The highest BCUT2D eigenvalue weighted by atomic mass is 35.5. The molecule has 0 saturated carbocycles. The first-order valence-electron chi connectivity index (χ1n) is 9.71. The van der Waals surface area contributed by atoms with Crippen LogP contribution in [0.1, 0.15) is 69.8 Å². The smallest absolute Gasteiger partial charge is 0.311 e. The highest BCUT2D eigenvalue weighted by Gasteiger charge is 2.10. The van der Waals surface area contributed by atoms with Gasteiger partial charge in [0.2, 0.25) is 0 Å². The second-order valence-corrected chi connectivity index (χ2v) is 7.41. The number of ether oxygens (including phenoxy) is 2. The maximum absolute atomic E-state index is 11.8. The average molecular weight is 417 g/mol. The van der Waals surface area contributed by atoms with Gasteiger partial charge in [-0.3, -0.25) is 9.59 Å². The van der Waals surface area contributed by atoms with E-state index < -0.39 is 5.97 Å². The molecule has 1 aromatic rings. The van der Waals surface area contributed by atoms with Crippen LogP contribution in [-0.4, -0.2) is 24.4 Å². The fourth-order valence-corrected chi connectivity index (χ4v) is 2.89.